The molecule has 6 aromatic rings. The lowest BCUT2D eigenvalue weighted by atomic mass is 9.88. The normalized spacial score (nSPS) is 11.9. The van der Waals surface area contributed by atoms with E-state index in [-0.39, 0.29) is 33.0 Å². The van der Waals surface area contributed by atoms with Gasteiger partial charge in [-0.15, -0.1) is 10.2 Å². The smallest absolute Gasteiger partial charge is 0.241 e. The Bertz CT molecular complexity index is 2180. The van der Waals surface area contributed by atoms with E-state index in [9.17, 15) is 4.79 Å². The monoisotopic (exact) mass is 859 g/mol. The van der Waals surface area contributed by atoms with Crippen molar-refractivity contribution in [1.82, 2.24) is 69.6 Å². The van der Waals surface area contributed by atoms with Crippen LogP contribution < -0.4 is 5.32 Å². The Morgan fingerprint density at radius 1 is 0.758 bits per heavy atom. The fourth-order valence-corrected chi connectivity index (χ4v) is 5.70. The number of carbonyl (C=O) groups is 1. The summed E-state index contributed by atoms with van der Waals surface area (Å²) in [5, 5.41) is 25.4. The molecular formula is C46H78N14O2. The van der Waals surface area contributed by atoms with Crippen LogP contribution in [0.15, 0.2) is 54.3 Å². The van der Waals surface area contributed by atoms with Crippen LogP contribution in [0.2, 0.25) is 0 Å². The van der Waals surface area contributed by atoms with Gasteiger partial charge in [0.2, 0.25) is 11.8 Å². The highest BCUT2D eigenvalue weighted by Crippen LogP contribution is 2.25. The lowest BCUT2D eigenvalue weighted by Gasteiger charge is -2.17. The molecule has 16 nitrogen and oxygen atoms in total. The van der Waals surface area contributed by atoms with Crippen LogP contribution in [0.25, 0.3) is 0 Å². The van der Waals surface area contributed by atoms with E-state index >= 15 is 0 Å². The van der Waals surface area contributed by atoms with Crippen molar-refractivity contribution in [2.75, 3.05) is 7.05 Å². The summed E-state index contributed by atoms with van der Waals surface area (Å²) in [5.74, 6) is 1.46. The summed E-state index contributed by atoms with van der Waals surface area (Å²) in [7, 11) is 3.40. The predicted molar refractivity (Wildman–Crippen MR) is 247 cm³/mol. The van der Waals surface area contributed by atoms with Crippen LogP contribution in [-0.2, 0) is 58.6 Å². The summed E-state index contributed by atoms with van der Waals surface area (Å²) >= 11 is 0. The number of amides is 1. The third kappa shape index (κ3) is 17.5. The zero-order valence-corrected chi connectivity index (χ0v) is 41.6. The van der Waals surface area contributed by atoms with Crippen molar-refractivity contribution >= 4 is 5.91 Å². The molecule has 6 rings (SSSR count). The fourth-order valence-electron chi connectivity index (χ4n) is 5.70. The molecule has 0 saturated heterocycles. The highest BCUT2D eigenvalue weighted by Gasteiger charge is 2.22. The molecule has 0 aliphatic heterocycles. The molecular weight excluding hydrogens is 781 g/mol. The number of likely N-dealkylation sites (N-methyl/N-ethyl adjacent to an activating group) is 1. The number of rotatable bonds is 6. The minimum atomic E-state index is -0.0262. The van der Waals surface area contributed by atoms with Crippen LogP contribution in [0.1, 0.15) is 163 Å². The Kier molecular flexibility index (Phi) is 18.8. The van der Waals surface area contributed by atoms with E-state index in [1.54, 1.807) is 31.2 Å². The number of H-pyrrole nitrogens is 1. The highest BCUT2D eigenvalue weighted by atomic mass is 16.3. The molecule has 0 spiro atoms. The molecule has 0 unspecified atom stereocenters. The average molecular weight is 859 g/mol. The van der Waals surface area contributed by atoms with Crippen molar-refractivity contribution in [3.05, 3.63) is 95.5 Å². The topological polar surface area (TPSA) is 181 Å². The van der Waals surface area contributed by atoms with Gasteiger partial charge >= 0.3 is 0 Å². The van der Waals surface area contributed by atoms with Gasteiger partial charge in [0, 0.05) is 53.6 Å². The van der Waals surface area contributed by atoms with Gasteiger partial charge in [0.1, 0.15) is 19.4 Å². The minimum Gasteiger partial charge on any atom is -0.447 e. The summed E-state index contributed by atoms with van der Waals surface area (Å²) in [6, 6.07) is 0. The Morgan fingerprint density at radius 2 is 1.32 bits per heavy atom. The Morgan fingerprint density at radius 3 is 1.68 bits per heavy atom. The third-order valence-corrected chi connectivity index (χ3v) is 9.39. The number of carbonyl (C=O) groups excluding carboxylic acids is 1. The van der Waals surface area contributed by atoms with Crippen molar-refractivity contribution < 1.29 is 9.21 Å². The van der Waals surface area contributed by atoms with Crippen LogP contribution in [-0.4, -0.2) is 77.2 Å². The van der Waals surface area contributed by atoms with Crippen LogP contribution in [0, 0.1) is 13.8 Å². The number of tetrazole rings is 1. The van der Waals surface area contributed by atoms with E-state index in [0.29, 0.717) is 19.0 Å². The third-order valence-electron chi connectivity index (χ3n) is 9.39. The maximum absolute atomic E-state index is 11.2. The van der Waals surface area contributed by atoms with E-state index in [4.69, 9.17) is 4.42 Å². The molecule has 0 aliphatic carbocycles. The average Bonchev–Trinajstić information content (AvgIpc) is 3.99. The predicted octanol–water partition coefficient (Wildman–Crippen LogP) is 8.57. The van der Waals surface area contributed by atoms with Gasteiger partial charge in [-0.1, -0.05) is 111 Å². The molecule has 0 aliphatic rings. The molecule has 0 fully saturated rings. The van der Waals surface area contributed by atoms with Gasteiger partial charge in [0.25, 0.3) is 0 Å². The van der Waals surface area contributed by atoms with Crippen molar-refractivity contribution in [1.29, 1.82) is 0 Å². The number of aryl methyl sites for hydroxylation is 3. The quantitative estimate of drug-likeness (QED) is 0.165. The van der Waals surface area contributed by atoms with Crippen molar-refractivity contribution in [2.45, 2.75) is 178 Å². The molecule has 0 saturated carbocycles. The zero-order valence-electron chi connectivity index (χ0n) is 41.6. The SMILES string of the molecule is CC(C)(C)c1cn(Cc2ncco2)cn1.CCCn1cnc(C(C)(C)C)c1.CNC(=O)Cn1ncc(C(C)(C)C)c1C.Cc1[nH]ncc1C(C)(C)C.Cn1nnc(C(C)(C)C)n1. The van der Waals surface area contributed by atoms with E-state index in [0.717, 1.165) is 23.8 Å². The molecule has 62 heavy (non-hydrogen) atoms. The first-order chi connectivity index (χ1) is 28.5. The first kappa shape index (κ1) is 52.7. The number of aromatic amines is 1. The van der Waals surface area contributed by atoms with Gasteiger partial charge in [-0.25, -0.2) is 15.0 Å². The number of nitrogens with one attached hydrogen (secondary N) is 2. The Hall–Kier alpha value is -5.41. The van der Waals surface area contributed by atoms with E-state index in [1.807, 2.05) is 49.7 Å². The molecule has 0 atom stereocenters. The van der Waals surface area contributed by atoms with Gasteiger partial charge in [0.15, 0.2) is 5.82 Å². The number of oxazole rings is 1. The second-order valence-corrected chi connectivity index (χ2v) is 20.6. The summed E-state index contributed by atoms with van der Waals surface area (Å²) in [6.45, 7) is 40.4. The molecule has 6 heterocycles. The molecule has 1 amide bonds. The van der Waals surface area contributed by atoms with Crippen LogP contribution in [0.3, 0.4) is 0 Å². The van der Waals surface area contributed by atoms with Gasteiger partial charge in [-0.2, -0.15) is 15.0 Å². The lowest BCUT2D eigenvalue weighted by molar-refractivity contribution is -0.121. The second-order valence-electron chi connectivity index (χ2n) is 20.6. The summed E-state index contributed by atoms with van der Waals surface area (Å²) in [5.41, 5.74) is 7.54. The summed E-state index contributed by atoms with van der Waals surface area (Å²) in [4.78, 5) is 25.5. The number of hydrogen-bond donors (Lipinski definition) is 2. The number of aromatic nitrogens is 13. The number of hydrogen-bond acceptors (Lipinski definition) is 10. The van der Waals surface area contributed by atoms with Crippen molar-refractivity contribution in [2.24, 2.45) is 7.05 Å². The molecule has 0 radical (unpaired) electrons. The van der Waals surface area contributed by atoms with Crippen LogP contribution in [0.5, 0.6) is 0 Å². The van der Waals surface area contributed by atoms with E-state index < -0.39 is 0 Å². The zero-order chi connectivity index (χ0) is 47.3. The maximum Gasteiger partial charge on any atom is 0.241 e. The molecule has 16 heteroatoms. The van der Waals surface area contributed by atoms with Crippen molar-refractivity contribution in [3.8, 4) is 0 Å². The van der Waals surface area contributed by atoms with E-state index in [1.165, 1.54) is 33.7 Å². The Balaban J connectivity index is 0.000000270. The van der Waals surface area contributed by atoms with Gasteiger partial charge in [-0.3, -0.25) is 14.6 Å². The summed E-state index contributed by atoms with van der Waals surface area (Å²) < 4.78 is 11.0. The summed E-state index contributed by atoms with van der Waals surface area (Å²) in [6.07, 6.45) is 16.0. The maximum atomic E-state index is 11.2. The van der Waals surface area contributed by atoms with Gasteiger partial charge in [-0.05, 0) is 47.4 Å². The first-order valence-electron chi connectivity index (χ1n) is 21.4. The molecule has 0 aromatic carbocycles. The lowest BCUT2D eigenvalue weighted by Crippen LogP contribution is -2.25. The highest BCUT2D eigenvalue weighted by molar-refractivity contribution is 5.75. The van der Waals surface area contributed by atoms with Gasteiger partial charge in [0.05, 0.1) is 49.7 Å². The largest absolute Gasteiger partial charge is 0.447 e. The van der Waals surface area contributed by atoms with Crippen LogP contribution in [0.4, 0.5) is 0 Å². The second kappa shape index (κ2) is 22.1. The molecule has 6 aromatic heterocycles. The minimum absolute atomic E-state index is 0.00819. The van der Waals surface area contributed by atoms with Crippen molar-refractivity contribution in [3.63, 3.8) is 0 Å². The molecule has 2 N–H and O–H groups in total. The number of nitrogens with zero attached hydrogens (tertiary/aromatic N) is 12. The number of imidazole rings is 2. The molecule has 0 bridgehead atoms. The molecule has 344 valence electrons. The Labute approximate surface area is 371 Å². The van der Waals surface area contributed by atoms with E-state index in [2.05, 4.69) is 173 Å². The fraction of sp³-hybridized carbons (Fsp3) is 0.630. The van der Waals surface area contributed by atoms with Crippen LogP contribution >= 0.6 is 0 Å². The standard InChI is InChI=1S/C11H15N3O.C11H19N3O.C10H18N2.C8H14N2.C6H12N4/c1-11(2,3)9-6-14(8-13-9)7-10-12-4-5-15-10;1-8-9(11(2,3)4)6-13-14(8)7-10(15)12-5;1-5-6-12-7-9(11-8-12)10(2,3)4;1-6-7(5-9-10-6)8(2,3)4;1-6(2,3)5-7-9-10(4)8-5/h4-6,8H,7H2,1-3H3;6H,7H2,1-5H3,(H,12,15);7-8H,5-6H2,1-4H3;5H,1-4H3,(H,9,10);1-4H3. The van der Waals surface area contributed by atoms with Gasteiger partial charge < -0.3 is 18.9 Å². The first-order valence-corrected chi connectivity index (χ1v) is 21.4.